The van der Waals surface area contributed by atoms with Crippen LogP contribution < -0.4 is 122 Å². The summed E-state index contributed by atoms with van der Waals surface area (Å²) in [7, 11) is 1.55. The number of carbonyl (C=O) groups is 1. The third-order valence-corrected chi connectivity index (χ3v) is 7.70. The Labute approximate surface area is 412 Å². The predicted octanol–water partition coefficient (Wildman–Crippen LogP) is 0.835. The molecule has 0 fully saturated rings. The number of hydrogen-bond donors (Lipinski definition) is 0. The van der Waals surface area contributed by atoms with Crippen LogP contribution in [0.5, 0.6) is 17.2 Å². The fourth-order valence-electron chi connectivity index (χ4n) is 3.08. The van der Waals surface area contributed by atoms with Crippen LogP contribution >= 0.6 is 15.9 Å². The van der Waals surface area contributed by atoms with E-state index in [0.717, 1.165) is 0 Å². The van der Waals surface area contributed by atoms with Crippen LogP contribution in [0.25, 0.3) is 0 Å². The second-order valence-corrected chi connectivity index (χ2v) is 21.9. The summed E-state index contributed by atoms with van der Waals surface area (Å²) in [6.07, 6.45) is 10.3. The quantitative estimate of drug-likeness (QED) is 0.0808. The smallest absolute Gasteiger partial charge is 1.00 e. The van der Waals surface area contributed by atoms with Gasteiger partial charge in [0.2, 0.25) is 17.2 Å². The van der Waals surface area contributed by atoms with Crippen molar-refractivity contribution in [2.24, 2.45) is 0 Å². The van der Waals surface area contributed by atoms with Gasteiger partial charge >= 0.3 is 120 Å². The molecule has 0 bridgehead atoms. The molecule has 0 N–H and O–H groups in total. The van der Waals surface area contributed by atoms with Crippen LogP contribution in [0, 0.1) is 66.1 Å². The van der Waals surface area contributed by atoms with Crippen molar-refractivity contribution in [3.8, 4) is 53.0 Å². The molecule has 54 heavy (non-hydrogen) atoms. The van der Waals surface area contributed by atoms with Crippen molar-refractivity contribution >= 4 is 55.6 Å². The van der Waals surface area contributed by atoms with Crippen molar-refractivity contribution in [3.05, 3.63) is 101 Å². The molecule has 0 saturated heterocycles. The number of nitrogens with zero attached hydrogens (tertiary/aromatic N) is 3. The van der Waals surface area contributed by atoms with Crippen LogP contribution in [-0.2, 0) is 9.68 Å². The van der Waals surface area contributed by atoms with Crippen LogP contribution in [0.3, 0.4) is 0 Å². The minimum absolute atomic E-state index is 0. The van der Waals surface area contributed by atoms with Crippen molar-refractivity contribution in [2.45, 2.75) is 39.3 Å². The number of halogens is 1. The minimum atomic E-state index is -1.51. The number of para-hydroxylation sites is 3. The summed E-state index contributed by atoms with van der Waals surface area (Å²) in [6.45, 7) is 12.6. The van der Waals surface area contributed by atoms with Gasteiger partial charge in [0.1, 0.15) is 16.1 Å². The van der Waals surface area contributed by atoms with E-state index < -0.39 is 30.9 Å². The van der Waals surface area contributed by atoms with Crippen LogP contribution in [0.1, 0.15) is 12.6 Å². The van der Waals surface area contributed by atoms with E-state index in [1.165, 1.54) is 45.6 Å². The van der Waals surface area contributed by atoms with Crippen molar-refractivity contribution < 1.29 is 148 Å². The molecule has 0 saturated carbocycles. The van der Waals surface area contributed by atoms with Gasteiger partial charge in [-0.15, -0.1) is 23.9 Å². The number of methoxy groups -OCH3 is 3. The molecule has 0 radical (unpaired) electrons. The van der Waals surface area contributed by atoms with Crippen LogP contribution in [0.2, 0.25) is 39.3 Å². The molecule has 0 aromatic heterocycles. The van der Waals surface area contributed by atoms with E-state index in [9.17, 15) is 30.3 Å². The fraction of sp³-hybridized carbons (Fsp3) is 0.265. The Bertz CT molecular complexity index is 1840. The van der Waals surface area contributed by atoms with E-state index in [0.29, 0.717) is 15.6 Å². The monoisotopic (exact) mass is 895 g/mol. The Morgan fingerprint density at radius 2 is 1.02 bits per heavy atom. The molecule has 3 aromatic carbocycles. The molecule has 0 amide bonds. The zero-order valence-corrected chi connectivity index (χ0v) is 41.9. The van der Waals surface area contributed by atoms with Gasteiger partial charge in [-0.1, -0.05) is 69.3 Å². The van der Waals surface area contributed by atoms with Crippen molar-refractivity contribution in [3.63, 3.8) is 0 Å². The summed E-state index contributed by atoms with van der Waals surface area (Å²) in [5, 5.41) is 40.2. The molecule has 0 heterocycles. The minimum Gasteiger partial charge on any atom is -1.00 e. The first-order chi connectivity index (χ1) is 24.2. The summed E-state index contributed by atoms with van der Waals surface area (Å²) < 4.78 is 15.4. The normalized spacial score (nSPS) is 9.06. The number of rotatable bonds is 7. The van der Waals surface area contributed by atoms with E-state index in [4.69, 9.17) is 37.1 Å². The molecule has 0 aliphatic carbocycles. The maximum atomic E-state index is 10.8. The Balaban J connectivity index is -0.000000199. The maximum absolute atomic E-state index is 10.8. The summed E-state index contributed by atoms with van der Waals surface area (Å²) in [4.78, 5) is 41.5. The maximum Gasteiger partial charge on any atom is 1.00 e. The molecule has 0 aliphatic heterocycles. The van der Waals surface area contributed by atoms with Crippen LogP contribution in [0.15, 0.2) is 59.1 Å². The van der Waals surface area contributed by atoms with Gasteiger partial charge in [0.05, 0.1) is 51.7 Å². The molecule has 280 valence electrons. The van der Waals surface area contributed by atoms with Gasteiger partial charge in [-0.05, 0) is 34.1 Å². The topological polar surface area (TPSA) is 206 Å². The molecular formula is C34H40BrK2N3O12Si2. The summed E-state index contributed by atoms with van der Waals surface area (Å²) in [5.41, 5.74) is 6.67. The first-order valence-corrected chi connectivity index (χ1v) is 22.3. The second kappa shape index (κ2) is 30.7. The van der Waals surface area contributed by atoms with Gasteiger partial charge in [-0.25, -0.2) is 0 Å². The summed E-state index contributed by atoms with van der Waals surface area (Å²) in [5.74, 6) is 5.92. The first-order valence-electron chi connectivity index (χ1n) is 14.5. The second-order valence-electron chi connectivity index (χ2n) is 11.5. The van der Waals surface area contributed by atoms with Gasteiger partial charge in [0.25, 0.3) is 6.47 Å². The molecule has 3 rings (SSSR count). The molecule has 0 aliphatic rings. The Hall–Kier alpha value is -2.44. The van der Waals surface area contributed by atoms with E-state index in [2.05, 4.69) is 83.0 Å². The molecule has 20 heteroatoms. The Morgan fingerprint density at radius 3 is 1.30 bits per heavy atom. The van der Waals surface area contributed by atoms with Gasteiger partial charge in [0, 0.05) is 18.2 Å². The third kappa shape index (κ3) is 24.2. The van der Waals surface area contributed by atoms with Gasteiger partial charge in [0.15, 0.2) is 0 Å². The number of nitro benzene ring substituents is 3. The zero-order valence-electron chi connectivity index (χ0n) is 33.0. The van der Waals surface area contributed by atoms with Crippen LogP contribution in [-0.4, -0.2) is 58.7 Å². The molecular weight excluding hydrogens is 857 g/mol. The molecule has 15 nitrogen and oxygen atoms in total. The van der Waals surface area contributed by atoms with Crippen molar-refractivity contribution in [2.75, 3.05) is 21.3 Å². The number of terminal acetylenes is 2. The average Bonchev–Trinajstić information content (AvgIpc) is 3.10. The standard InChI is InChI=1S/C12H15NO3Si.C9H7NO3.C7H6BrNO3.C5H10Si.CH2O3.2K.H/c1-16-12-10(8-9-17(2,3)4)6-5-7-11(12)13(14)15;1-3-7-5-4-6-8(10(11)12)9(7)13-2;1-12-7-5(8)3-2-4-6(7)9(10)11;1-5-6(2,3)4;2-1-4-3;;;/h5-7H,1-4H3;1,4-6H,2H3;2-4H,1H3;1H,2-4H3;1,3H;;;/q;;;;;2*+1;-1/p-1. The van der Waals surface area contributed by atoms with E-state index in [1.54, 1.807) is 30.3 Å². The summed E-state index contributed by atoms with van der Waals surface area (Å²) in [6, 6.07) is 13.9. The van der Waals surface area contributed by atoms with E-state index in [1.807, 2.05) is 0 Å². The molecule has 3 aromatic rings. The largest absolute Gasteiger partial charge is 1.00 e. The average molecular weight is 897 g/mol. The van der Waals surface area contributed by atoms with E-state index in [-0.39, 0.29) is 145 Å². The summed E-state index contributed by atoms with van der Waals surface area (Å²) >= 11 is 3.15. The zero-order chi connectivity index (χ0) is 40.7. The number of ether oxygens (including phenoxy) is 3. The SMILES string of the molecule is C#C[Si](C)(C)C.C#Cc1cccc([N+](=O)[O-])c1OC.COc1c(Br)cccc1[N+](=O)[O-].COc1c(C#C[Si](C)(C)C)cccc1[N+](=O)[O-].O=CO[O-].[H-].[K+].[K+]. The molecule has 0 atom stereocenters. The number of carbonyl (C=O) groups excluding carboxylic acids is 1. The number of hydrogen-bond acceptors (Lipinski definition) is 12. The Morgan fingerprint density at radius 1 is 0.685 bits per heavy atom. The third-order valence-electron chi connectivity index (χ3n) is 5.34. The van der Waals surface area contributed by atoms with Crippen LogP contribution in [0.4, 0.5) is 17.1 Å². The number of benzene rings is 3. The van der Waals surface area contributed by atoms with Gasteiger partial charge in [-0.3, -0.25) is 35.1 Å². The van der Waals surface area contributed by atoms with Gasteiger partial charge in [-0.2, -0.15) is 0 Å². The molecule has 0 unspecified atom stereocenters. The Kier molecular flexibility index (Phi) is 33.2. The van der Waals surface area contributed by atoms with Crippen molar-refractivity contribution in [1.82, 2.24) is 0 Å². The fourth-order valence-corrected chi connectivity index (χ4v) is 4.10. The number of nitro groups is 3. The molecule has 0 spiro atoms. The first kappa shape index (κ1) is 58.3. The van der Waals surface area contributed by atoms with Crippen molar-refractivity contribution in [1.29, 1.82) is 0 Å². The van der Waals surface area contributed by atoms with E-state index >= 15 is 0 Å². The predicted molar refractivity (Wildman–Crippen MR) is 205 cm³/mol. The van der Waals surface area contributed by atoms with Gasteiger partial charge < -0.3 is 25.8 Å².